The Morgan fingerprint density at radius 1 is 1.45 bits per heavy atom. The standard InChI is InChI=1S/C16H32N2O2/c1-5-11-17-16(3,15(19)20-4)10-6-7-12-18-13-8-9-14(18)2/h14,17H,5-13H2,1-4H3. The monoisotopic (exact) mass is 284 g/mol. The molecular formula is C16H32N2O2. The van der Waals surface area contributed by atoms with Gasteiger partial charge in [0.2, 0.25) is 0 Å². The van der Waals surface area contributed by atoms with Crippen molar-refractivity contribution >= 4 is 5.97 Å². The predicted molar refractivity (Wildman–Crippen MR) is 82.8 cm³/mol. The first-order valence-electron chi connectivity index (χ1n) is 8.11. The van der Waals surface area contributed by atoms with Gasteiger partial charge in [-0.2, -0.15) is 0 Å². The van der Waals surface area contributed by atoms with Crippen LogP contribution in [0.25, 0.3) is 0 Å². The van der Waals surface area contributed by atoms with Crippen molar-refractivity contribution in [3.05, 3.63) is 0 Å². The molecule has 2 unspecified atom stereocenters. The molecule has 0 aromatic carbocycles. The molecule has 20 heavy (non-hydrogen) atoms. The number of nitrogens with one attached hydrogen (secondary N) is 1. The second-order valence-corrected chi connectivity index (χ2v) is 6.23. The zero-order chi connectivity index (χ0) is 15.0. The van der Waals surface area contributed by atoms with Crippen LogP contribution in [0.3, 0.4) is 0 Å². The fraction of sp³-hybridized carbons (Fsp3) is 0.938. The Kier molecular flexibility index (Phi) is 7.52. The van der Waals surface area contributed by atoms with Crippen molar-refractivity contribution in [2.75, 3.05) is 26.7 Å². The van der Waals surface area contributed by atoms with Gasteiger partial charge in [0.1, 0.15) is 5.54 Å². The van der Waals surface area contributed by atoms with Crippen LogP contribution in [0.2, 0.25) is 0 Å². The lowest BCUT2D eigenvalue weighted by Crippen LogP contribution is -2.50. The maximum atomic E-state index is 11.9. The van der Waals surface area contributed by atoms with E-state index in [0.29, 0.717) is 0 Å². The van der Waals surface area contributed by atoms with E-state index in [-0.39, 0.29) is 5.97 Å². The summed E-state index contributed by atoms with van der Waals surface area (Å²) in [5.41, 5.74) is -0.526. The van der Waals surface area contributed by atoms with E-state index in [1.54, 1.807) is 0 Å². The molecule has 0 amide bonds. The Labute approximate surface area is 124 Å². The van der Waals surface area contributed by atoms with Crippen LogP contribution in [0.1, 0.15) is 59.3 Å². The summed E-state index contributed by atoms with van der Waals surface area (Å²) in [6, 6.07) is 0.736. The second-order valence-electron chi connectivity index (χ2n) is 6.23. The lowest BCUT2D eigenvalue weighted by atomic mass is 9.94. The molecule has 0 aromatic heterocycles. The van der Waals surface area contributed by atoms with Crippen LogP contribution in [-0.4, -0.2) is 49.2 Å². The third-order valence-corrected chi connectivity index (χ3v) is 4.46. The fourth-order valence-electron chi connectivity index (χ4n) is 3.01. The van der Waals surface area contributed by atoms with Gasteiger partial charge in [-0.15, -0.1) is 0 Å². The highest BCUT2D eigenvalue weighted by atomic mass is 16.5. The Balaban J connectivity index is 2.32. The van der Waals surface area contributed by atoms with Gasteiger partial charge in [-0.05, 0) is 72.0 Å². The van der Waals surface area contributed by atoms with Crippen LogP contribution in [0, 0.1) is 0 Å². The second kappa shape index (κ2) is 8.63. The molecule has 1 heterocycles. The van der Waals surface area contributed by atoms with Gasteiger partial charge in [-0.3, -0.25) is 4.79 Å². The number of methoxy groups -OCH3 is 1. The number of esters is 1. The summed E-state index contributed by atoms with van der Waals surface area (Å²) in [5.74, 6) is -0.138. The Hall–Kier alpha value is -0.610. The number of carbonyl (C=O) groups excluding carboxylic acids is 1. The molecule has 0 saturated carbocycles. The van der Waals surface area contributed by atoms with Crippen molar-refractivity contribution in [3.63, 3.8) is 0 Å². The molecule has 118 valence electrons. The van der Waals surface area contributed by atoms with Crippen molar-refractivity contribution in [2.45, 2.75) is 70.9 Å². The van der Waals surface area contributed by atoms with Crippen LogP contribution in [0.5, 0.6) is 0 Å². The molecule has 0 spiro atoms. The molecule has 0 bridgehead atoms. The van der Waals surface area contributed by atoms with Gasteiger partial charge < -0.3 is 15.0 Å². The highest BCUT2D eigenvalue weighted by molar-refractivity contribution is 5.80. The molecule has 1 rings (SSSR count). The van der Waals surface area contributed by atoms with Crippen LogP contribution in [0.4, 0.5) is 0 Å². The number of carbonyl (C=O) groups is 1. The van der Waals surface area contributed by atoms with Gasteiger partial charge in [-0.25, -0.2) is 0 Å². The summed E-state index contributed by atoms with van der Waals surface area (Å²) in [6.07, 6.45) is 6.76. The number of nitrogens with zero attached hydrogens (tertiary/aromatic N) is 1. The van der Waals surface area contributed by atoms with Crippen molar-refractivity contribution in [1.82, 2.24) is 10.2 Å². The van der Waals surface area contributed by atoms with Crippen molar-refractivity contribution in [3.8, 4) is 0 Å². The largest absolute Gasteiger partial charge is 0.468 e. The summed E-state index contributed by atoms with van der Waals surface area (Å²) in [4.78, 5) is 14.5. The summed E-state index contributed by atoms with van der Waals surface area (Å²) in [7, 11) is 1.47. The molecule has 0 radical (unpaired) electrons. The van der Waals surface area contributed by atoms with E-state index in [2.05, 4.69) is 24.1 Å². The minimum Gasteiger partial charge on any atom is -0.468 e. The molecule has 1 aliphatic heterocycles. The first kappa shape index (κ1) is 17.4. The minimum atomic E-state index is -0.526. The van der Waals surface area contributed by atoms with E-state index in [1.807, 2.05) is 6.92 Å². The van der Waals surface area contributed by atoms with E-state index in [9.17, 15) is 4.79 Å². The summed E-state index contributed by atoms with van der Waals surface area (Å²) >= 11 is 0. The average molecular weight is 284 g/mol. The summed E-state index contributed by atoms with van der Waals surface area (Å²) in [5, 5.41) is 3.35. The van der Waals surface area contributed by atoms with E-state index in [0.717, 1.165) is 44.8 Å². The molecule has 1 saturated heterocycles. The van der Waals surface area contributed by atoms with Gasteiger partial charge in [0.05, 0.1) is 7.11 Å². The molecule has 1 aliphatic rings. The SMILES string of the molecule is CCCNC(C)(CCCCN1CCCC1C)C(=O)OC. The zero-order valence-corrected chi connectivity index (χ0v) is 13.7. The molecule has 2 atom stereocenters. The van der Waals surface area contributed by atoms with Crippen LogP contribution in [0.15, 0.2) is 0 Å². The molecule has 1 N–H and O–H groups in total. The molecular weight excluding hydrogens is 252 g/mol. The highest BCUT2D eigenvalue weighted by Crippen LogP contribution is 2.19. The van der Waals surface area contributed by atoms with Crippen LogP contribution in [-0.2, 0) is 9.53 Å². The maximum absolute atomic E-state index is 11.9. The normalized spacial score (nSPS) is 22.7. The van der Waals surface area contributed by atoms with Crippen molar-refractivity contribution < 1.29 is 9.53 Å². The van der Waals surface area contributed by atoms with Crippen molar-refractivity contribution in [1.29, 1.82) is 0 Å². The van der Waals surface area contributed by atoms with Crippen LogP contribution >= 0.6 is 0 Å². The lowest BCUT2D eigenvalue weighted by Gasteiger charge is -2.28. The summed E-state index contributed by atoms with van der Waals surface area (Å²) in [6.45, 7) is 9.64. The van der Waals surface area contributed by atoms with Gasteiger partial charge in [0, 0.05) is 6.04 Å². The maximum Gasteiger partial charge on any atom is 0.325 e. The highest BCUT2D eigenvalue weighted by Gasteiger charge is 2.33. The van der Waals surface area contributed by atoms with Crippen molar-refractivity contribution in [2.24, 2.45) is 0 Å². The number of rotatable bonds is 9. The van der Waals surface area contributed by atoms with Gasteiger partial charge >= 0.3 is 5.97 Å². The molecule has 4 nitrogen and oxygen atoms in total. The number of hydrogen-bond acceptors (Lipinski definition) is 4. The van der Waals surface area contributed by atoms with Gasteiger partial charge in [0.25, 0.3) is 0 Å². The quantitative estimate of drug-likeness (QED) is 0.522. The molecule has 1 fully saturated rings. The van der Waals surface area contributed by atoms with Gasteiger partial charge in [-0.1, -0.05) is 6.92 Å². The smallest absolute Gasteiger partial charge is 0.325 e. The van der Waals surface area contributed by atoms with E-state index < -0.39 is 5.54 Å². The predicted octanol–water partition coefficient (Wildman–Crippen LogP) is 2.57. The molecule has 0 aromatic rings. The Morgan fingerprint density at radius 2 is 2.20 bits per heavy atom. The average Bonchev–Trinajstić information content (AvgIpc) is 2.86. The first-order valence-corrected chi connectivity index (χ1v) is 8.11. The third-order valence-electron chi connectivity index (χ3n) is 4.46. The number of likely N-dealkylation sites (tertiary alicyclic amines) is 1. The first-order chi connectivity index (χ1) is 9.53. The Bertz CT molecular complexity index is 296. The van der Waals surface area contributed by atoms with E-state index in [1.165, 1.54) is 26.5 Å². The molecule has 0 aliphatic carbocycles. The fourth-order valence-corrected chi connectivity index (χ4v) is 3.01. The number of unbranched alkanes of at least 4 members (excludes halogenated alkanes) is 1. The summed E-state index contributed by atoms with van der Waals surface area (Å²) < 4.78 is 4.95. The van der Waals surface area contributed by atoms with Crippen LogP contribution < -0.4 is 5.32 Å². The molecule has 4 heteroatoms. The topological polar surface area (TPSA) is 41.6 Å². The van der Waals surface area contributed by atoms with E-state index >= 15 is 0 Å². The number of hydrogen-bond donors (Lipinski definition) is 1. The van der Waals surface area contributed by atoms with Gasteiger partial charge in [0.15, 0.2) is 0 Å². The van der Waals surface area contributed by atoms with E-state index in [4.69, 9.17) is 4.74 Å². The Morgan fingerprint density at radius 3 is 2.75 bits per heavy atom. The lowest BCUT2D eigenvalue weighted by molar-refractivity contribution is -0.148. The number of ether oxygens (including phenoxy) is 1. The third kappa shape index (κ3) is 5.06. The minimum absolute atomic E-state index is 0.138. The zero-order valence-electron chi connectivity index (χ0n) is 13.7.